The van der Waals surface area contributed by atoms with E-state index in [2.05, 4.69) is 10.6 Å². The van der Waals surface area contributed by atoms with Gasteiger partial charge in [0.1, 0.15) is 5.82 Å². The second kappa shape index (κ2) is 6.89. The third-order valence-electron chi connectivity index (χ3n) is 4.23. The summed E-state index contributed by atoms with van der Waals surface area (Å²) in [5.74, 6) is -0.281. The molecular formula is C16H23FN2O2. The number of aliphatic hydroxyl groups is 1. The number of rotatable bonds is 4. The van der Waals surface area contributed by atoms with Gasteiger partial charge in [-0.25, -0.2) is 9.18 Å². The minimum Gasteiger partial charge on any atom is -0.396 e. The highest BCUT2D eigenvalue weighted by Gasteiger charge is 2.23. The summed E-state index contributed by atoms with van der Waals surface area (Å²) >= 11 is 0. The van der Waals surface area contributed by atoms with Gasteiger partial charge in [-0.15, -0.1) is 0 Å². The van der Waals surface area contributed by atoms with Crippen LogP contribution in [0.1, 0.15) is 43.9 Å². The summed E-state index contributed by atoms with van der Waals surface area (Å²) in [5, 5.41) is 14.8. The third kappa shape index (κ3) is 3.94. The Kier molecular flexibility index (Phi) is 5.17. The zero-order valence-electron chi connectivity index (χ0n) is 12.5. The first-order valence-corrected chi connectivity index (χ1v) is 7.47. The highest BCUT2D eigenvalue weighted by molar-refractivity contribution is 5.75. The van der Waals surface area contributed by atoms with Crippen molar-refractivity contribution in [3.63, 3.8) is 0 Å². The van der Waals surface area contributed by atoms with Crippen LogP contribution in [0.5, 0.6) is 0 Å². The maximum atomic E-state index is 13.4. The van der Waals surface area contributed by atoms with E-state index in [1.165, 1.54) is 12.1 Å². The van der Waals surface area contributed by atoms with E-state index < -0.39 is 0 Å². The van der Waals surface area contributed by atoms with Crippen LogP contribution in [0.4, 0.5) is 9.18 Å². The van der Waals surface area contributed by atoms with Crippen LogP contribution in [0.25, 0.3) is 0 Å². The first-order valence-electron chi connectivity index (χ1n) is 7.47. The SMILES string of the molecule is CC(CO)C(C)NC(=O)NC1CCCc2ccc(F)cc21. The highest BCUT2D eigenvalue weighted by Crippen LogP contribution is 2.30. The molecule has 0 spiro atoms. The fourth-order valence-corrected chi connectivity index (χ4v) is 2.63. The van der Waals surface area contributed by atoms with Crippen molar-refractivity contribution in [2.75, 3.05) is 6.61 Å². The first kappa shape index (κ1) is 15.8. The summed E-state index contributed by atoms with van der Waals surface area (Å²) in [6, 6.07) is 4.23. The summed E-state index contributed by atoms with van der Waals surface area (Å²) < 4.78 is 13.4. The largest absolute Gasteiger partial charge is 0.396 e. The van der Waals surface area contributed by atoms with E-state index in [1.807, 2.05) is 13.8 Å². The quantitative estimate of drug-likeness (QED) is 0.799. The molecule has 0 aromatic heterocycles. The molecule has 2 amide bonds. The van der Waals surface area contributed by atoms with Crippen molar-refractivity contribution in [2.24, 2.45) is 5.92 Å². The molecule has 0 aliphatic heterocycles. The number of carbonyl (C=O) groups excluding carboxylic acids is 1. The first-order chi connectivity index (χ1) is 10.0. The number of urea groups is 1. The van der Waals surface area contributed by atoms with Gasteiger partial charge in [0.2, 0.25) is 0 Å². The predicted molar refractivity (Wildman–Crippen MR) is 79.5 cm³/mol. The zero-order valence-corrected chi connectivity index (χ0v) is 12.5. The maximum Gasteiger partial charge on any atom is 0.315 e. The molecule has 3 atom stereocenters. The molecule has 0 fully saturated rings. The van der Waals surface area contributed by atoms with Crippen LogP contribution in [0.2, 0.25) is 0 Å². The zero-order chi connectivity index (χ0) is 15.4. The summed E-state index contributed by atoms with van der Waals surface area (Å²) in [7, 11) is 0. The number of fused-ring (bicyclic) bond motifs is 1. The normalized spacial score (nSPS) is 20.3. The molecule has 1 aromatic rings. The van der Waals surface area contributed by atoms with Crippen molar-refractivity contribution in [2.45, 2.75) is 45.2 Å². The fourth-order valence-electron chi connectivity index (χ4n) is 2.63. The average molecular weight is 294 g/mol. The molecule has 0 saturated carbocycles. The van der Waals surface area contributed by atoms with E-state index in [4.69, 9.17) is 5.11 Å². The number of hydrogen-bond donors (Lipinski definition) is 3. The van der Waals surface area contributed by atoms with Gasteiger partial charge < -0.3 is 15.7 Å². The molecule has 21 heavy (non-hydrogen) atoms. The number of aliphatic hydroxyl groups excluding tert-OH is 1. The molecule has 116 valence electrons. The molecular weight excluding hydrogens is 271 g/mol. The number of amides is 2. The lowest BCUT2D eigenvalue weighted by Gasteiger charge is -2.28. The van der Waals surface area contributed by atoms with E-state index in [-0.39, 0.29) is 36.5 Å². The Morgan fingerprint density at radius 3 is 2.95 bits per heavy atom. The molecule has 5 heteroatoms. The molecule has 0 saturated heterocycles. The van der Waals surface area contributed by atoms with Crippen molar-refractivity contribution in [1.82, 2.24) is 10.6 Å². The van der Waals surface area contributed by atoms with E-state index in [0.29, 0.717) is 0 Å². The Labute approximate surface area is 124 Å². The second-order valence-electron chi connectivity index (χ2n) is 5.85. The minimum atomic E-state index is -0.273. The monoisotopic (exact) mass is 294 g/mol. The summed E-state index contributed by atoms with van der Waals surface area (Å²) in [4.78, 5) is 12.0. The minimum absolute atomic E-state index is 0.00756. The summed E-state index contributed by atoms with van der Waals surface area (Å²) in [5.41, 5.74) is 1.98. The summed E-state index contributed by atoms with van der Waals surface area (Å²) in [6.07, 6.45) is 2.72. The molecule has 1 aliphatic carbocycles. The van der Waals surface area contributed by atoms with Gasteiger partial charge in [0.05, 0.1) is 6.04 Å². The fraction of sp³-hybridized carbons (Fsp3) is 0.562. The molecule has 0 heterocycles. The van der Waals surface area contributed by atoms with Gasteiger partial charge >= 0.3 is 6.03 Å². The lowest BCUT2D eigenvalue weighted by molar-refractivity contribution is 0.198. The Hall–Kier alpha value is -1.62. The van der Waals surface area contributed by atoms with Crippen LogP contribution >= 0.6 is 0 Å². The topological polar surface area (TPSA) is 61.4 Å². The van der Waals surface area contributed by atoms with Crippen LogP contribution in [0.3, 0.4) is 0 Å². The number of benzene rings is 1. The number of carbonyl (C=O) groups is 1. The van der Waals surface area contributed by atoms with Crippen LogP contribution in [-0.4, -0.2) is 23.8 Å². The van der Waals surface area contributed by atoms with E-state index in [1.54, 1.807) is 6.07 Å². The smallest absolute Gasteiger partial charge is 0.315 e. The lowest BCUT2D eigenvalue weighted by atomic mass is 9.87. The number of halogens is 1. The van der Waals surface area contributed by atoms with Gasteiger partial charge in [-0.2, -0.15) is 0 Å². The van der Waals surface area contributed by atoms with Crippen molar-refractivity contribution >= 4 is 6.03 Å². The molecule has 1 aromatic carbocycles. The molecule has 4 nitrogen and oxygen atoms in total. The lowest BCUT2D eigenvalue weighted by Crippen LogP contribution is -2.45. The predicted octanol–water partition coefficient (Wildman–Crippen LogP) is 2.52. The molecule has 3 unspecified atom stereocenters. The van der Waals surface area contributed by atoms with Gasteiger partial charge in [-0.1, -0.05) is 13.0 Å². The molecule has 2 rings (SSSR count). The van der Waals surface area contributed by atoms with Gasteiger partial charge in [0.25, 0.3) is 0 Å². The van der Waals surface area contributed by atoms with Crippen molar-refractivity contribution in [3.8, 4) is 0 Å². The van der Waals surface area contributed by atoms with E-state index >= 15 is 0 Å². The van der Waals surface area contributed by atoms with Gasteiger partial charge in [0.15, 0.2) is 0 Å². The van der Waals surface area contributed by atoms with Gasteiger partial charge in [0, 0.05) is 12.6 Å². The maximum absolute atomic E-state index is 13.4. The second-order valence-corrected chi connectivity index (χ2v) is 5.85. The third-order valence-corrected chi connectivity index (χ3v) is 4.23. The van der Waals surface area contributed by atoms with Gasteiger partial charge in [-0.3, -0.25) is 0 Å². The Balaban J connectivity index is 2.01. The van der Waals surface area contributed by atoms with E-state index in [9.17, 15) is 9.18 Å². The molecule has 1 aliphatic rings. The Morgan fingerprint density at radius 2 is 2.24 bits per heavy atom. The highest BCUT2D eigenvalue weighted by atomic mass is 19.1. The van der Waals surface area contributed by atoms with E-state index in [0.717, 1.165) is 30.4 Å². The molecule has 0 bridgehead atoms. The number of aryl methyl sites for hydroxylation is 1. The van der Waals surface area contributed by atoms with Crippen LogP contribution in [0.15, 0.2) is 18.2 Å². The van der Waals surface area contributed by atoms with Crippen LogP contribution < -0.4 is 10.6 Å². The van der Waals surface area contributed by atoms with Crippen molar-refractivity contribution in [3.05, 3.63) is 35.1 Å². The van der Waals surface area contributed by atoms with Crippen molar-refractivity contribution < 1.29 is 14.3 Å². The van der Waals surface area contributed by atoms with Gasteiger partial charge in [-0.05, 0) is 55.4 Å². The van der Waals surface area contributed by atoms with Crippen molar-refractivity contribution in [1.29, 1.82) is 0 Å². The number of hydrogen-bond acceptors (Lipinski definition) is 2. The molecule has 0 radical (unpaired) electrons. The molecule has 3 N–H and O–H groups in total. The van der Waals surface area contributed by atoms with Crippen LogP contribution in [0, 0.1) is 11.7 Å². The Bertz CT molecular complexity index is 507. The Morgan fingerprint density at radius 1 is 1.48 bits per heavy atom. The van der Waals surface area contributed by atoms with Crippen LogP contribution in [-0.2, 0) is 6.42 Å². The average Bonchev–Trinajstić information content (AvgIpc) is 2.46. The standard InChI is InChI=1S/C16H23FN2O2/c1-10(9-20)11(2)18-16(21)19-15-5-3-4-12-6-7-13(17)8-14(12)15/h6-8,10-11,15,20H,3-5,9H2,1-2H3,(H2,18,19,21). The number of nitrogens with one attached hydrogen (secondary N) is 2. The summed E-state index contributed by atoms with van der Waals surface area (Å²) in [6.45, 7) is 3.75.